The van der Waals surface area contributed by atoms with Crippen LogP contribution < -0.4 is 21.7 Å². The predicted octanol–water partition coefficient (Wildman–Crippen LogP) is 4.39. The molecule has 0 aliphatic carbocycles. The third kappa shape index (κ3) is 5.82. The van der Waals surface area contributed by atoms with Crippen molar-refractivity contribution in [1.82, 2.24) is 19.9 Å². The zero-order valence-electron chi connectivity index (χ0n) is 18.3. The molecular formula is C26H28N4P2. The summed E-state index contributed by atoms with van der Waals surface area (Å²) >= 11 is 0. The van der Waals surface area contributed by atoms with E-state index in [4.69, 9.17) is 19.9 Å². The molecule has 4 aromatic heterocycles. The topological polar surface area (TPSA) is 51.6 Å². The van der Waals surface area contributed by atoms with Crippen LogP contribution in [0.4, 0.5) is 0 Å². The summed E-state index contributed by atoms with van der Waals surface area (Å²) < 4.78 is 0. The average molecular weight is 458 g/mol. The molecule has 0 bridgehead atoms. The van der Waals surface area contributed by atoms with Crippen LogP contribution in [-0.4, -0.2) is 31.8 Å². The van der Waals surface area contributed by atoms with Gasteiger partial charge in [-0.25, -0.2) is 0 Å². The highest BCUT2D eigenvalue weighted by molar-refractivity contribution is 7.76. The Hall–Kier alpha value is -2.54. The summed E-state index contributed by atoms with van der Waals surface area (Å²) in [6.07, 6.45) is 12.2. The minimum Gasteiger partial charge on any atom is -0.256 e. The standard InChI is InChI=1S/C26H28N4P2/c1-2-3-12-22(32(25-15-6-10-19-29-25)26-16-7-11-20-30-26)21-31(23-13-4-8-17-27-23)24-14-5-9-18-28-24/h4-11,13-20,22H,2-3,12,21H2,1H3. The van der Waals surface area contributed by atoms with E-state index in [-0.39, 0.29) is 0 Å². The summed E-state index contributed by atoms with van der Waals surface area (Å²) in [7, 11) is -1.38. The molecule has 0 saturated heterocycles. The molecule has 0 fully saturated rings. The van der Waals surface area contributed by atoms with Crippen LogP contribution in [0, 0.1) is 0 Å². The van der Waals surface area contributed by atoms with E-state index in [1.54, 1.807) is 0 Å². The second-order valence-corrected chi connectivity index (χ2v) is 12.1. The monoisotopic (exact) mass is 458 g/mol. The second kappa shape index (κ2) is 11.9. The lowest BCUT2D eigenvalue weighted by molar-refractivity contribution is 0.712. The van der Waals surface area contributed by atoms with Gasteiger partial charge in [0.05, 0.1) is 21.7 Å². The first-order valence-electron chi connectivity index (χ1n) is 11.1. The van der Waals surface area contributed by atoms with Crippen molar-refractivity contribution in [2.75, 3.05) is 6.16 Å². The first-order valence-corrected chi connectivity index (χ1v) is 14.0. The zero-order chi connectivity index (χ0) is 22.0. The van der Waals surface area contributed by atoms with Gasteiger partial charge in [0.15, 0.2) is 0 Å². The van der Waals surface area contributed by atoms with E-state index in [1.807, 2.05) is 49.1 Å². The molecule has 0 aliphatic heterocycles. The van der Waals surface area contributed by atoms with Gasteiger partial charge in [-0.3, -0.25) is 19.9 Å². The maximum Gasteiger partial charge on any atom is 0.0694 e. The molecule has 0 N–H and O–H groups in total. The Morgan fingerprint density at radius 1 is 0.625 bits per heavy atom. The highest BCUT2D eigenvalue weighted by Crippen LogP contribution is 2.47. The maximum absolute atomic E-state index is 4.80. The summed E-state index contributed by atoms with van der Waals surface area (Å²) in [4.78, 5) is 19.1. The molecule has 32 heavy (non-hydrogen) atoms. The average Bonchev–Trinajstić information content (AvgIpc) is 2.88. The molecule has 0 saturated carbocycles. The summed E-state index contributed by atoms with van der Waals surface area (Å²) in [5.41, 5.74) is 5.03. The van der Waals surface area contributed by atoms with E-state index in [0.29, 0.717) is 5.66 Å². The third-order valence-electron chi connectivity index (χ3n) is 5.29. The Labute approximate surface area is 193 Å². The number of hydrogen-bond donors (Lipinski definition) is 0. The van der Waals surface area contributed by atoms with Gasteiger partial charge in [0.25, 0.3) is 0 Å². The van der Waals surface area contributed by atoms with E-state index >= 15 is 0 Å². The first kappa shape index (κ1) is 22.6. The summed E-state index contributed by atoms with van der Waals surface area (Å²) in [6.45, 7) is 2.27. The number of rotatable bonds is 10. The molecule has 1 unspecified atom stereocenters. The molecule has 4 rings (SSSR count). The van der Waals surface area contributed by atoms with Crippen LogP contribution in [-0.2, 0) is 0 Å². The smallest absolute Gasteiger partial charge is 0.0694 e. The Morgan fingerprint density at radius 3 is 1.44 bits per heavy atom. The normalized spacial score (nSPS) is 12.2. The van der Waals surface area contributed by atoms with Gasteiger partial charge in [0, 0.05) is 24.8 Å². The van der Waals surface area contributed by atoms with Crippen LogP contribution in [0.2, 0.25) is 0 Å². The van der Waals surface area contributed by atoms with E-state index in [9.17, 15) is 0 Å². The molecule has 0 aromatic carbocycles. The van der Waals surface area contributed by atoms with Crippen molar-refractivity contribution in [2.24, 2.45) is 0 Å². The van der Waals surface area contributed by atoms with Crippen LogP contribution in [0.25, 0.3) is 0 Å². The van der Waals surface area contributed by atoms with Crippen molar-refractivity contribution in [3.8, 4) is 0 Å². The molecule has 4 heterocycles. The van der Waals surface area contributed by atoms with Gasteiger partial charge < -0.3 is 0 Å². The number of unbranched alkanes of at least 4 members (excludes halogenated alkanes) is 1. The number of pyridine rings is 4. The fourth-order valence-electron chi connectivity index (χ4n) is 3.77. The van der Waals surface area contributed by atoms with Crippen molar-refractivity contribution >= 4 is 37.6 Å². The van der Waals surface area contributed by atoms with Crippen molar-refractivity contribution in [3.05, 3.63) is 97.6 Å². The van der Waals surface area contributed by atoms with Gasteiger partial charge in [-0.15, -0.1) is 0 Å². The molecule has 1 atom stereocenters. The highest BCUT2D eigenvalue weighted by atomic mass is 31.1. The molecule has 0 amide bonds. The van der Waals surface area contributed by atoms with Crippen LogP contribution in [0.15, 0.2) is 97.6 Å². The van der Waals surface area contributed by atoms with Gasteiger partial charge in [0.2, 0.25) is 0 Å². The van der Waals surface area contributed by atoms with Gasteiger partial charge in [-0.05, 0) is 82.6 Å². The zero-order valence-corrected chi connectivity index (χ0v) is 20.1. The fraction of sp³-hybridized carbons (Fsp3) is 0.231. The van der Waals surface area contributed by atoms with Crippen LogP contribution in [0.3, 0.4) is 0 Å². The fourth-order valence-corrected chi connectivity index (χ4v) is 9.37. The molecule has 0 radical (unpaired) electrons. The van der Waals surface area contributed by atoms with Gasteiger partial charge >= 0.3 is 0 Å². The Balaban J connectivity index is 1.76. The lowest BCUT2D eigenvalue weighted by atomic mass is 10.2. The van der Waals surface area contributed by atoms with E-state index < -0.39 is 15.8 Å². The maximum atomic E-state index is 4.80. The number of hydrogen-bond acceptors (Lipinski definition) is 4. The van der Waals surface area contributed by atoms with Crippen molar-refractivity contribution in [2.45, 2.75) is 31.8 Å². The Bertz CT molecular complexity index is 971. The largest absolute Gasteiger partial charge is 0.256 e. The second-order valence-electron chi connectivity index (χ2n) is 7.53. The van der Waals surface area contributed by atoms with Crippen LogP contribution >= 0.6 is 15.8 Å². The molecule has 0 aliphatic rings. The SMILES string of the molecule is CCCCC(CP(c1ccccn1)c1ccccn1)P(c1ccccn1)c1ccccn1. The summed E-state index contributed by atoms with van der Waals surface area (Å²) in [6, 6.07) is 25.0. The lowest BCUT2D eigenvalue weighted by Crippen LogP contribution is -2.30. The summed E-state index contributed by atoms with van der Waals surface area (Å²) in [5, 5.41) is 0. The Morgan fingerprint density at radius 2 is 1.06 bits per heavy atom. The first-order chi connectivity index (χ1) is 15.9. The van der Waals surface area contributed by atoms with Gasteiger partial charge in [-0.1, -0.05) is 44.0 Å². The van der Waals surface area contributed by atoms with Crippen molar-refractivity contribution < 1.29 is 0 Å². The minimum atomic E-state index is -0.701. The predicted molar refractivity (Wildman–Crippen MR) is 138 cm³/mol. The minimum absolute atomic E-state index is 0.449. The third-order valence-corrected chi connectivity index (χ3v) is 10.7. The molecule has 0 spiro atoms. The van der Waals surface area contributed by atoms with Crippen molar-refractivity contribution in [1.29, 1.82) is 0 Å². The van der Waals surface area contributed by atoms with Gasteiger partial charge in [0.1, 0.15) is 0 Å². The lowest BCUT2D eigenvalue weighted by Gasteiger charge is -2.30. The van der Waals surface area contributed by atoms with Gasteiger partial charge in [-0.2, -0.15) is 0 Å². The van der Waals surface area contributed by atoms with E-state index in [2.05, 4.69) is 55.5 Å². The molecule has 4 nitrogen and oxygen atoms in total. The molecule has 6 heteroatoms. The number of nitrogens with zero attached hydrogens (tertiary/aromatic N) is 4. The van der Waals surface area contributed by atoms with Crippen LogP contribution in [0.1, 0.15) is 26.2 Å². The molecule has 162 valence electrons. The van der Waals surface area contributed by atoms with Crippen molar-refractivity contribution in [3.63, 3.8) is 0 Å². The quantitative estimate of drug-likeness (QED) is 0.331. The highest BCUT2D eigenvalue weighted by Gasteiger charge is 2.31. The van der Waals surface area contributed by atoms with E-state index in [1.165, 1.54) is 12.8 Å². The molecular weight excluding hydrogens is 430 g/mol. The summed E-state index contributed by atoms with van der Waals surface area (Å²) in [5.74, 6) is 0. The van der Waals surface area contributed by atoms with Crippen LogP contribution in [0.5, 0.6) is 0 Å². The number of aromatic nitrogens is 4. The Kier molecular flexibility index (Phi) is 8.42. The molecule has 4 aromatic rings. The van der Waals surface area contributed by atoms with E-state index in [0.717, 1.165) is 34.3 Å².